The van der Waals surface area contributed by atoms with E-state index in [-0.39, 0.29) is 17.7 Å². The predicted octanol–water partition coefficient (Wildman–Crippen LogP) is 3.42. The fourth-order valence-electron chi connectivity index (χ4n) is 4.01. The van der Waals surface area contributed by atoms with Crippen LogP contribution < -0.4 is 5.32 Å². The van der Waals surface area contributed by atoms with Gasteiger partial charge in [0.2, 0.25) is 11.8 Å². The summed E-state index contributed by atoms with van der Waals surface area (Å²) < 4.78 is 0. The van der Waals surface area contributed by atoms with Crippen LogP contribution in [0.3, 0.4) is 0 Å². The molecule has 1 aromatic heterocycles. The van der Waals surface area contributed by atoms with Gasteiger partial charge in [-0.05, 0) is 41.7 Å². The smallest absolute Gasteiger partial charge is 0.227 e. The number of hydrogen-bond donors (Lipinski definition) is 1. The lowest BCUT2D eigenvalue weighted by Gasteiger charge is -2.23. The standard InChI is InChI=1S/C26H27N3O2/c1-19-4-2-6-23(14-19)22-9-7-20(8-10-22)15-24-18-29(13-12-28-26(24)31)25(30)16-21-5-3-11-27-17-21/h2-11,14,17,24H,12-13,15-16,18H2,1H3,(H,28,31)/t24-/m1/s1. The van der Waals surface area contributed by atoms with Gasteiger partial charge in [-0.25, -0.2) is 0 Å². The first-order valence-electron chi connectivity index (χ1n) is 10.7. The minimum absolute atomic E-state index is 0.0134. The lowest BCUT2D eigenvalue weighted by molar-refractivity contribution is -0.131. The van der Waals surface area contributed by atoms with E-state index < -0.39 is 0 Å². The molecule has 1 fully saturated rings. The zero-order valence-corrected chi connectivity index (χ0v) is 17.8. The van der Waals surface area contributed by atoms with Crippen molar-refractivity contribution in [2.75, 3.05) is 19.6 Å². The fourth-order valence-corrected chi connectivity index (χ4v) is 4.01. The molecule has 158 valence electrons. The number of carbonyl (C=O) groups is 2. The van der Waals surface area contributed by atoms with Gasteiger partial charge in [-0.15, -0.1) is 0 Å². The van der Waals surface area contributed by atoms with Crippen molar-refractivity contribution < 1.29 is 9.59 Å². The lowest BCUT2D eigenvalue weighted by atomic mass is 9.95. The van der Waals surface area contributed by atoms with Gasteiger partial charge in [0.25, 0.3) is 0 Å². The Hall–Kier alpha value is -3.47. The Balaban J connectivity index is 1.43. The van der Waals surface area contributed by atoms with Crippen molar-refractivity contribution in [1.29, 1.82) is 0 Å². The second-order valence-corrected chi connectivity index (χ2v) is 8.14. The molecule has 1 N–H and O–H groups in total. The monoisotopic (exact) mass is 413 g/mol. The highest BCUT2D eigenvalue weighted by Crippen LogP contribution is 2.22. The van der Waals surface area contributed by atoms with Crippen molar-refractivity contribution in [3.05, 3.63) is 89.7 Å². The first-order chi connectivity index (χ1) is 15.1. The molecule has 2 heterocycles. The van der Waals surface area contributed by atoms with Gasteiger partial charge >= 0.3 is 0 Å². The van der Waals surface area contributed by atoms with Crippen LogP contribution in [-0.2, 0) is 22.4 Å². The maximum atomic E-state index is 12.8. The number of aromatic nitrogens is 1. The van der Waals surface area contributed by atoms with Gasteiger partial charge in [-0.1, -0.05) is 60.2 Å². The lowest BCUT2D eigenvalue weighted by Crippen LogP contribution is -2.38. The highest BCUT2D eigenvalue weighted by Gasteiger charge is 2.27. The summed E-state index contributed by atoms with van der Waals surface area (Å²) in [6.45, 7) is 3.54. The van der Waals surface area contributed by atoms with Gasteiger partial charge in [-0.3, -0.25) is 14.6 Å². The first kappa shape index (κ1) is 20.8. The van der Waals surface area contributed by atoms with Crippen molar-refractivity contribution in [1.82, 2.24) is 15.2 Å². The van der Waals surface area contributed by atoms with Crippen LogP contribution in [0.25, 0.3) is 11.1 Å². The summed E-state index contributed by atoms with van der Waals surface area (Å²) in [6.07, 6.45) is 4.33. The third-order valence-corrected chi connectivity index (χ3v) is 5.71. The van der Waals surface area contributed by atoms with Gasteiger partial charge in [0.1, 0.15) is 0 Å². The number of nitrogens with one attached hydrogen (secondary N) is 1. The molecule has 0 saturated carbocycles. The van der Waals surface area contributed by atoms with Crippen LogP contribution in [-0.4, -0.2) is 41.3 Å². The molecule has 4 rings (SSSR count). The third kappa shape index (κ3) is 5.37. The number of hydrogen-bond acceptors (Lipinski definition) is 3. The van der Waals surface area contributed by atoms with Crippen LogP contribution in [0, 0.1) is 12.8 Å². The fraction of sp³-hybridized carbons (Fsp3) is 0.269. The highest BCUT2D eigenvalue weighted by atomic mass is 16.2. The Morgan fingerprint density at radius 2 is 1.90 bits per heavy atom. The summed E-state index contributed by atoms with van der Waals surface area (Å²) in [5, 5.41) is 2.96. The maximum Gasteiger partial charge on any atom is 0.227 e. The molecule has 0 unspecified atom stereocenters. The van der Waals surface area contributed by atoms with E-state index in [1.165, 1.54) is 11.1 Å². The molecule has 0 bridgehead atoms. The molecule has 31 heavy (non-hydrogen) atoms. The average Bonchev–Trinajstić information content (AvgIpc) is 2.96. The molecule has 1 atom stereocenters. The van der Waals surface area contributed by atoms with Crippen LogP contribution in [0.5, 0.6) is 0 Å². The second-order valence-electron chi connectivity index (χ2n) is 8.14. The molecule has 0 radical (unpaired) electrons. The van der Waals surface area contributed by atoms with Crippen molar-refractivity contribution in [3.63, 3.8) is 0 Å². The molecule has 1 aliphatic rings. The predicted molar refractivity (Wildman–Crippen MR) is 121 cm³/mol. The van der Waals surface area contributed by atoms with Crippen LogP contribution in [0.15, 0.2) is 73.1 Å². The molecular weight excluding hydrogens is 386 g/mol. The van der Waals surface area contributed by atoms with Crippen molar-refractivity contribution >= 4 is 11.8 Å². The summed E-state index contributed by atoms with van der Waals surface area (Å²) >= 11 is 0. The Morgan fingerprint density at radius 3 is 2.65 bits per heavy atom. The Morgan fingerprint density at radius 1 is 1.06 bits per heavy atom. The highest BCUT2D eigenvalue weighted by molar-refractivity contribution is 5.83. The molecule has 0 aliphatic carbocycles. The topological polar surface area (TPSA) is 62.3 Å². The number of rotatable bonds is 5. The van der Waals surface area contributed by atoms with E-state index in [2.05, 4.69) is 65.8 Å². The average molecular weight is 414 g/mol. The molecule has 5 nitrogen and oxygen atoms in total. The number of amides is 2. The molecular formula is C26H27N3O2. The SMILES string of the molecule is Cc1cccc(-c2ccc(C[C@@H]3CN(C(=O)Cc4cccnc4)CCNC3=O)cc2)c1. The molecule has 1 saturated heterocycles. The molecule has 2 amide bonds. The Labute approximate surface area is 183 Å². The van der Waals surface area contributed by atoms with Gasteiger partial charge in [0.15, 0.2) is 0 Å². The van der Waals surface area contributed by atoms with Crippen LogP contribution in [0.2, 0.25) is 0 Å². The maximum absolute atomic E-state index is 12.8. The van der Waals surface area contributed by atoms with E-state index in [0.29, 0.717) is 32.5 Å². The van der Waals surface area contributed by atoms with Gasteiger partial charge in [-0.2, -0.15) is 0 Å². The summed E-state index contributed by atoms with van der Waals surface area (Å²) in [6, 6.07) is 20.5. The Bertz CT molecular complexity index is 1050. The van der Waals surface area contributed by atoms with Gasteiger partial charge in [0.05, 0.1) is 12.3 Å². The molecule has 1 aliphatic heterocycles. The van der Waals surface area contributed by atoms with Crippen LogP contribution in [0.4, 0.5) is 0 Å². The largest absolute Gasteiger partial charge is 0.354 e. The van der Waals surface area contributed by atoms with Crippen molar-refractivity contribution in [2.24, 2.45) is 5.92 Å². The zero-order valence-electron chi connectivity index (χ0n) is 17.8. The quantitative estimate of drug-likeness (QED) is 0.697. The summed E-state index contributed by atoms with van der Waals surface area (Å²) in [5.41, 5.74) is 5.56. The van der Waals surface area contributed by atoms with Crippen molar-refractivity contribution in [3.8, 4) is 11.1 Å². The van der Waals surface area contributed by atoms with Crippen LogP contribution >= 0.6 is 0 Å². The number of nitrogens with zero attached hydrogens (tertiary/aromatic N) is 2. The number of carbonyl (C=O) groups excluding carboxylic acids is 2. The minimum Gasteiger partial charge on any atom is -0.354 e. The van der Waals surface area contributed by atoms with E-state index in [9.17, 15) is 9.59 Å². The first-order valence-corrected chi connectivity index (χ1v) is 10.7. The molecule has 3 aromatic rings. The number of pyridine rings is 1. The van der Waals surface area contributed by atoms with Crippen LogP contribution in [0.1, 0.15) is 16.7 Å². The number of benzene rings is 2. The van der Waals surface area contributed by atoms with E-state index in [1.807, 2.05) is 12.1 Å². The normalized spacial score (nSPS) is 16.5. The van der Waals surface area contributed by atoms with E-state index >= 15 is 0 Å². The Kier molecular flexibility index (Phi) is 6.41. The minimum atomic E-state index is -0.259. The summed E-state index contributed by atoms with van der Waals surface area (Å²) in [5.74, 6) is -0.214. The van der Waals surface area contributed by atoms with E-state index in [1.54, 1.807) is 17.3 Å². The third-order valence-electron chi connectivity index (χ3n) is 5.71. The molecule has 0 spiro atoms. The van der Waals surface area contributed by atoms with Crippen molar-refractivity contribution in [2.45, 2.75) is 19.8 Å². The zero-order chi connectivity index (χ0) is 21.6. The molecule has 5 heteroatoms. The van der Waals surface area contributed by atoms with E-state index in [4.69, 9.17) is 0 Å². The van der Waals surface area contributed by atoms with E-state index in [0.717, 1.165) is 16.7 Å². The second kappa shape index (κ2) is 9.56. The molecule has 2 aromatic carbocycles. The summed E-state index contributed by atoms with van der Waals surface area (Å²) in [4.78, 5) is 31.3. The number of aryl methyl sites for hydroxylation is 1. The van der Waals surface area contributed by atoms with Gasteiger partial charge < -0.3 is 10.2 Å². The van der Waals surface area contributed by atoms with Gasteiger partial charge in [0, 0.05) is 32.0 Å². The summed E-state index contributed by atoms with van der Waals surface area (Å²) in [7, 11) is 0.